The van der Waals surface area contributed by atoms with Crippen LogP contribution >= 0.6 is 15.9 Å². The van der Waals surface area contributed by atoms with E-state index in [2.05, 4.69) is 27.8 Å². The molecule has 88 valence electrons. The predicted octanol–water partition coefficient (Wildman–Crippen LogP) is 1.24. The highest BCUT2D eigenvalue weighted by molar-refractivity contribution is 9.11. The van der Waals surface area contributed by atoms with Crippen molar-refractivity contribution in [3.63, 3.8) is 0 Å². The summed E-state index contributed by atoms with van der Waals surface area (Å²) in [5, 5.41) is 7.94. The van der Waals surface area contributed by atoms with Crippen LogP contribution in [0.3, 0.4) is 0 Å². The van der Waals surface area contributed by atoms with Crippen LogP contribution in [0, 0.1) is 0 Å². The lowest BCUT2D eigenvalue weighted by Gasteiger charge is -2.09. The van der Waals surface area contributed by atoms with Crippen molar-refractivity contribution in [2.75, 3.05) is 17.6 Å². The predicted molar refractivity (Wildman–Crippen MR) is 68.8 cm³/mol. The normalized spacial score (nSPS) is 11.1. The van der Waals surface area contributed by atoms with Gasteiger partial charge in [-0.3, -0.25) is 0 Å². The molecule has 16 heavy (non-hydrogen) atoms. The maximum absolute atomic E-state index is 11.1. The quantitative estimate of drug-likeness (QED) is 0.729. The van der Waals surface area contributed by atoms with Gasteiger partial charge in [0.1, 0.15) is 0 Å². The number of hydrogen-bond acceptors (Lipinski definition) is 4. The Labute approximate surface area is 103 Å². The van der Waals surface area contributed by atoms with Crippen molar-refractivity contribution >= 4 is 37.3 Å². The van der Waals surface area contributed by atoms with Crippen molar-refractivity contribution in [1.29, 1.82) is 0 Å². The van der Waals surface area contributed by atoms with Crippen LogP contribution in [0.1, 0.15) is 0 Å². The van der Waals surface area contributed by atoms with Gasteiger partial charge in [-0.1, -0.05) is 22.5 Å². The van der Waals surface area contributed by atoms with Crippen molar-refractivity contribution in [2.45, 2.75) is 4.90 Å². The summed E-state index contributed by atoms with van der Waals surface area (Å²) in [7, 11) is -3.71. The average molecular weight is 306 g/mol. The summed E-state index contributed by atoms with van der Waals surface area (Å²) in [6.07, 6.45) is 0. The molecule has 0 atom stereocenters. The molecule has 0 bridgehead atoms. The Kier molecular flexibility index (Phi) is 3.95. The Morgan fingerprint density at radius 1 is 1.50 bits per heavy atom. The third-order valence-electron chi connectivity index (χ3n) is 1.82. The molecule has 0 unspecified atom stereocenters. The largest absolute Gasteiger partial charge is 0.397 e. The molecule has 0 radical (unpaired) electrons. The zero-order chi connectivity index (χ0) is 12.3. The number of nitrogens with two attached hydrogens (primary N) is 2. The number of anilines is 2. The van der Waals surface area contributed by atoms with Crippen molar-refractivity contribution in [2.24, 2.45) is 5.14 Å². The first kappa shape index (κ1) is 13.0. The van der Waals surface area contributed by atoms with Gasteiger partial charge in [-0.15, -0.1) is 0 Å². The number of sulfonamides is 1. The summed E-state index contributed by atoms with van der Waals surface area (Å²) in [5.74, 6) is 0. The van der Waals surface area contributed by atoms with Crippen molar-refractivity contribution in [3.8, 4) is 0 Å². The summed E-state index contributed by atoms with van der Waals surface area (Å²) in [6, 6.07) is 4.23. The molecule has 1 aromatic rings. The van der Waals surface area contributed by atoms with Crippen LogP contribution in [0.4, 0.5) is 11.4 Å². The van der Waals surface area contributed by atoms with E-state index in [0.29, 0.717) is 17.9 Å². The molecule has 0 saturated heterocycles. The third-order valence-corrected chi connectivity index (χ3v) is 3.02. The van der Waals surface area contributed by atoms with Crippen LogP contribution in [-0.2, 0) is 10.0 Å². The summed E-state index contributed by atoms with van der Waals surface area (Å²) >= 11 is 3.17. The summed E-state index contributed by atoms with van der Waals surface area (Å²) < 4.78 is 23.0. The zero-order valence-corrected chi connectivity index (χ0v) is 10.8. The molecule has 0 amide bonds. The fourth-order valence-corrected chi connectivity index (χ4v) is 1.74. The number of primary sulfonamides is 1. The number of nitrogen functional groups attached to an aromatic ring is 1. The van der Waals surface area contributed by atoms with Crippen LogP contribution < -0.4 is 16.2 Å². The highest BCUT2D eigenvalue weighted by atomic mass is 79.9. The van der Waals surface area contributed by atoms with E-state index in [1.165, 1.54) is 18.2 Å². The van der Waals surface area contributed by atoms with E-state index in [4.69, 9.17) is 10.9 Å². The Hall–Kier alpha value is -1.05. The van der Waals surface area contributed by atoms with Gasteiger partial charge < -0.3 is 11.1 Å². The Balaban J connectivity index is 3.04. The number of hydrogen-bond donors (Lipinski definition) is 3. The molecular formula is C9H12BrN3O2S. The number of benzene rings is 1. The van der Waals surface area contributed by atoms with Crippen LogP contribution in [0.2, 0.25) is 0 Å². The second-order valence-electron chi connectivity index (χ2n) is 3.16. The minimum Gasteiger partial charge on any atom is -0.397 e. The van der Waals surface area contributed by atoms with E-state index in [1.54, 1.807) is 0 Å². The molecule has 0 fully saturated rings. The van der Waals surface area contributed by atoms with Crippen molar-refractivity contribution < 1.29 is 8.42 Å². The highest BCUT2D eigenvalue weighted by Gasteiger charge is 2.09. The molecule has 0 aliphatic rings. The average Bonchev–Trinajstić information content (AvgIpc) is 2.14. The second-order valence-corrected chi connectivity index (χ2v) is 5.85. The molecule has 7 heteroatoms. The fraction of sp³-hybridized carbons (Fsp3) is 0.111. The second kappa shape index (κ2) is 4.86. The standard InChI is InChI=1S/C9H12BrN3O2S/c1-6(10)5-13-9-4-7(16(12,14)15)2-3-8(9)11/h2-4,13H,1,5,11H2,(H2,12,14,15). The Bertz CT molecular complexity index is 513. The maximum Gasteiger partial charge on any atom is 0.238 e. The lowest BCUT2D eigenvalue weighted by atomic mass is 10.2. The van der Waals surface area contributed by atoms with Gasteiger partial charge in [0.15, 0.2) is 0 Å². The molecular weight excluding hydrogens is 294 g/mol. The van der Waals surface area contributed by atoms with E-state index >= 15 is 0 Å². The van der Waals surface area contributed by atoms with Gasteiger partial charge in [-0.05, 0) is 18.2 Å². The number of nitrogens with one attached hydrogen (secondary N) is 1. The lowest BCUT2D eigenvalue weighted by molar-refractivity contribution is 0.598. The molecule has 0 heterocycles. The van der Waals surface area contributed by atoms with Crippen LogP contribution in [0.5, 0.6) is 0 Å². The minimum atomic E-state index is -3.71. The first-order valence-corrected chi connectivity index (χ1v) is 6.64. The molecule has 0 spiro atoms. The van der Waals surface area contributed by atoms with Gasteiger partial charge in [-0.2, -0.15) is 0 Å². The maximum atomic E-state index is 11.1. The van der Waals surface area contributed by atoms with E-state index in [-0.39, 0.29) is 4.90 Å². The number of halogens is 1. The molecule has 0 saturated carbocycles. The van der Waals surface area contributed by atoms with Gasteiger partial charge in [0.2, 0.25) is 10.0 Å². The monoisotopic (exact) mass is 305 g/mol. The molecule has 1 rings (SSSR count). The molecule has 5 N–H and O–H groups in total. The summed E-state index contributed by atoms with van der Waals surface area (Å²) in [4.78, 5) is 0.0179. The van der Waals surface area contributed by atoms with E-state index < -0.39 is 10.0 Å². The molecule has 0 aliphatic heterocycles. The third kappa shape index (κ3) is 3.51. The summed E-state index contributed by atoms with van der Waals surface area (Å²) in [6.45, 7) is 4.08. The van der Waals surface area contributed by atoms with Crippen molar-refractivity contribution in [3.05, 3.63) is 29.3 Å². The molecule has 1 aromatic carbocycles. The van der Waals surface area contributed by atoms with Gasteiger partial charge in [0.25, 0.3) is 0 Å². The summed E-state index contributed by atoms with van der Waals surface area (Å²) in [5.41, 5.74) is 6.63. The first-order valence-electron chi connectivity index (χ1n) is 4.30. The van der Waals surface area contributed by atoms with E-state index in [9.17, 15) is 8.42 Å². The SMILES string of the molecule is C=C(Br)CNc1cc(S(N)(=O)=O)ccc1N. The van der Waals surface area contributed by atoms with Crippen LogP contribution in [0.15, 0.2) is 34.2 Å². The molecule has 5 nitrogen and oxygen atoms in total. The minimum absolute atomic E-state index is 0.0179. The van der Waals surface area contributed by atoms with Crippen molar-refractivity contribution in [1.82, 2.24) is 0 Å². The smallest absolute Gasteiger partial charge is 0.238 e. The highest BCUT2D eigenvalue weighted by Crippen LogP contribution is 2.22. The van der Waals surface area contributed by atoms with Gasteiger partial charge >= 0.3 is 0 Å². The molecule has 0 aromatic heterocycles. The Morgan fingerprint density at radius 2 is 2.12 bits per heavy atom. The van der Waals surface area contributed by atoms with Gasteiger partial charge in [0, 0.05) is 11.0 Å². The fourth-order valence-electron chi connectivity index (χ4n) is 1.06. The van der Waals surface area contributed by atoms with Gasteiger partial charge in [0.05, 0.1) is 16.3 Å². The Morgan fingerprint density at radius 3 is 2.62 bits per heavy atom. The van der Waals surface area contributed by atoms with Crippen LogP contribution in [-0.4, -0.2) is 15.0 Å². The number of rotatable bonds is 4. The topological polar surface area (TPSA) is 98.2 Å². The molecule has 0 aliphatic carbocycles. The van der Waals surface area contributed by atoms with Crippen LogP contribution in [0.25, 0.3) is 0 Å². The van der Waals surface area contributed by atoms with Gasteiger partial charge in [-0.25, -0.2) is 13.6 Å². The van der Waals surface area contributed by atoms with E-state index in [1.807, 2.05) is 0 Å². The first-order chi connectivity index (χ1) is 7.30. The lowest BCUT2D eigenvalue weighted by Crippen LogP contribution is -2.13. The van der Waals surface area contributed by atoms with E-state index in [0.717, 1.165) is 4.48 Å². The zero-order valence-electron chi connectivity index (χ0n) is 8.40.